The van der Waals surface area contributed by atoms with Crippen LogP contribution in [0.2, 0.25) is 5.02 Å². The van der Waals surface area contributed by atoms with E-state index < -0.39 is 0 Å². The van der Waals surface area contributed by atoms with Crippen molar-refractivity contribution >= 4 is 11.6 Å². The van der Waals surface area contributed by atoms with Crippen molar-refractivity contribution in [1.82, 2.24) is 15.2 Å². The Labute approximate surface area is 114 Å². The average Bonchev–Trinajstić information content (AvgIpc) is 2.65. The molecule has 1 rings (SSSR count). The van der Waals surface area contributed by atoms with Crippen molar-refractivity contribution in [1.29, 1.82) is 0 Å². The standard InChI is InChI=1S/C12H23ClN4O/c1-5-17-11(12(13)9(3)16-17)7-10(15-14)6-8(2)18-4/h8,10,15H,5-7,14H2,1-4H3. The first-order chi connectivity index (χ1) is 8.53. The Bertz CT molecular complexity index is 380. The van der Waals surface area contributed by atoms with Crippen LogP contribution >= 0.6 is 11.6 Å². The summed E-state index contributed by atoms with van der Waals surface area (Å²) in [6, 6.07) is 0.124. The van der Waals surface area contributed by atoms with E-state index in [1.165, 1.54) is 0 Å². The van der Waals surface area contributed by atoms with E-state index in [4.69, 9.17) is 22.2 Å². The van der Waals surface area contributed by atoms with Gasteiger partial charge in [-0.05, 0) is 27.2 Å². The molecule has 1 aromatic rings. The van der Waals surface area contributed by atoms with Crippen molar-refractivity contribution in [2.75, 3.05) is 7.11 Å². The fraction of sp³-hybridized carbons (Fsp3) is 0.750. The van der Waals surface area contributed by atoms with Gasteiger partial charge in [-0.15, -0.1) is 0 Å². The van der Waals surface area contributed by atoms with Gasteiger partial charge in [0.25, 0.3) is 0 Å². The highest BCUT2D eigenvalue weighted by Crippen LogP contribution is 2.22. The fourth-order valence-corrected chi connectivity index (χ4v) is 2.22. The molecule has 0 fully saturated rings. The highest BCUT2D eigenvalue weighted by atomic mass is 35.5. The van der Waals surface area contributed by atoms with Crippen LogP contribution in [0, 0.1) is 6.92 Å². The second-order valence-electron chi connectivity index (χ2n) is 4.51. The first kappa shape index (κ1) is 15.4. The number of nitrogens with two attached hydrogens (primary N) is 1. The van der Waals surface area contributed by atoms with Crippen LogP contribution in [0.4, 0.5) is 0 Å². The summed E-state index contributed by atoms with van der Waals surface area (Å²) in [4.78, 5) is 0. The predicted octanol–water partition coefficient (Wildman–Crippen LogP) is 1.66. The van der Waals surface area contributed by atoms with Gasteiger partial charge in [0.05, 0.1) is 22.5 Å². The van der Waals surface area contributed by atoms with E-state index in [2.05, 4.69) is 17.4 Å². The Morgan fingerprint density at radius 2 is 2.22 bits per heavy atom. The molecule has 0 saturated carbocycles. The Balaban J connectivity index is 2.81. The molecule has 0 amide bonds. The summed E-state index contributed by atoms with van der Waals surface area (Å²) < 4.78 is 7.19. The number of nitrogens with zero attached hydrogens (tertiary/aromatic N) is 2. The highest BCUT2D eigenvalue weighted by molar-refractivity contribution is 6.31. The molecule has 18 heavy (non-hydrogen) atoms. The second-order valence-corrected chi connectivity index (χ2v) is 4.89. The van der Waals surface area contributed by atoms with E-state index in [9.17, 15) is 0 Å². The molecule has 5 nitrogen and oxygen atoms in total. The number of ether oxygens (including phenoxy) is 1. The van der Waals surface area contributed by atoms with Gasteiger partial charge in [0, 0.05) is 26.1 Å². The van der Waals surface area contributed by atoms with Crippen LogP contribution in [0.25, 0.3) is 0 Å². The van der Waals surface area contributed by atoms with Gasteiger partial charge >= 0.3 is 0 Å². The largest absolute Gasteiger partial charge is 0.382 e. The second kappa shape index (κ2) is 7.09. The van der Waals surface area contributed by atoms with Crippen molar-refractivity contribution in [2.24, 2.45) is 5.84 Å². The Morgan fingerprint density at radius 1 is 1.56 bits per heavy atom. The molecule has 6 heteroatoms. The van der Waals surface area contributed by atoms with Gasteiger partial charge in [0.1, 0.15) is 0 Å². The van der Waals surface area contributed by atoms with Gasteiger partial charge in [0.2, 0.25) is 0 Å². The number of hydrogen-bond acceptors (Lipinski definition) is 4. The average molecular weight is 275 g/mol. The lowest BCUT2D eigenvalue weighted by atomic mass is 10.1. The zero-order chi connectivity index (χ0) is 13.7. The zero-order valence-electron chi connectivity index (χ0n) is 11.5. The van der Waals surface area contributed by atoms with E-state index in [1.807, 2.05) is 18.5 Å². The van der Waals surface area contributed by atoms with Crippen LogP contribution in [0.5, 0.6) is 0 Å². The minimum absolute atomic E-state index is 0.124. The summed E-state index contributed by atoms with van der Waals surface area (Å²) in [5, 5.41) is 5.14. The summed E-state index contributed by atoms with van der Waals surface area (Å²) in [5.41, 5.74) is 4.72. The van der Waals surface area contributed by atoms with Crippen molar-refractivity contribution in [3.63, 3.8) is 0 Å². The maximum absolute atomic E-state index is 6.28. The van der Waals surface area contributed by atoms with Gasteiger partial charge < -0.3 is 4.74 Å². The molecule has 0 aliphatic carbocycles. The maximum atomic E-state index is 6.28. The van der Waals surface area contributed by atoms with Crippen molar-refractivity contribution < 1.29 is 4.74 Å². The first-order valence-electron chi connectivity index (χ1n) is 6.24. The van der Waals surface area contributed by atoms with Crippen LogP contribution in [-0.2, 0) is 17.7 Å². The zero-order valence-corrected chi connectivity index (χ0v) is 12.3. The fourth-order valence-electron chi connectivity index (χ4n) is 2.00. The molecule has 1 heterocycles. The summed E-state index contributed by atoms with van der Waals surface area (Å²) in [7, 11) is 1.70. The minimum Gasteiger partial charge on any atom is -0.382 e. The molecule has 2 atom stereocenters. The number of aromatic nitrogens is 2. The third-order valence-electron chi connectivity index (χ3n) is 3.15. The number of hydrogen-bond donors (Lipinski definition) is 2. The monoisotopic (exact) mass is 274 g/mol. The third-order valence-corrected chi connectivity index (χ3v) is 3.64. The predicted molar refractivity (Wildman–Crippen MR) is 73.6 cm³/mol. The summed E-state index contributed by atoms with van der Waals surface area (Å²) in [6.07, 6.45) is 1.73. The van der Waals surface area contributed by atoms with Gasteiger partial charge in [0.15, 0.2) is 0 Å². The van der Waals surface area contributed by atoms with E-state index in [-0.39, 0.29) is 12.1 Å². The first-order valence-corrected chi connectivity index (χ1v) is 6.61. The molecule has 104 valence electrons. The van der Waals surface area contributed by atoms with Crippen LogP contribution < -0.4 is 11.3 Å². The quantitative estimate of drug-likeness (QED) is 0.586. The van der Waals surface area contributed by atoms with Crippen molar-refractivity contribution in [3.05, 3.63) is 16.4 Å². The molecule has 3 N–H and O–H groups in total. The Hall–Kier alpha value is -0.620. The van der Waals surface area contributed by atoms with E-state index in [0.717, 1.165) is 35.8 Å². The molecule has 1 aromatic heterocycles. The van der Waals surface area contributed by atoms with E-state index in [1.54, 1.807) is 7.11 Å². The van der Waals surface area contributed by atoms with Crippen molar-refractivity contribution in [2.45, 2.75) is 52.3 Å². The highest BCUT2D eigenvalue weighted by Gasteiger charge is 2.18. The van der Waals surface area contributed by atoms with Gasteiger partial charge in [-0.2, -0.15) is 5.10 Å². The van der Waals surface area contributed by atoms with Crippen LogP contribution in [0.3, 0.4) is 0 Å². The molecule has 0 saturated heterocycles. The number of aryl methyl sites for hydroxylation is 2. The van der Waals surface area contributed by atoms with Gasteiger partial charge in [-0.25, -0.2) is 0 Å². The SMILES string of the molecule is CCn1nc(C)c(Cl)c1CC(CC(C)OC)NN. The molecule has 0 radical (unpaired) electrons. The summed E-state index contributed by atoms with van der Waals surface area (Å²) in [5.74, 6) is 5.59. The number of nitrogens with one attached hydrogen (secondary N) is 1. The minimum atomic E-state index is 0.124. The summed E-state index contributed by atoms with van der Waals surface area (Å²) in [6.45, 7) is 6.80. The van der Waals surface area contributed by atoms with Crippen molar-refractivity contribution in [3.8, 4) is 0 Å². The number of hydrazine groups is 1. The van der Waals surface area contributed by atoms with Gasteiger partial charge in [-0.1, -0.05) is 11.6 Å². The molecule has 0 bridgehead atoms. The Morgan fingerprint density at radius 3 is 2.72 bits per heavy atom. The lowest BCUT2D eigenvalue weighted by molar-refractivity contribution is 0.100. The Kier molecular flexibility index (Phi) is 6.08. The molecule has 2 unspecified atom stereocenters. The number of methoxy groups -OCH3 is 1. The molecule has 0 aliphatic heterocycles. The lowest BCUT2D eigenvalue weighted by Gasteiger charge is -2.20. The van der Waals surface area contributed by atoms with E-state index in [0.29, 0.717) is 0 Å². The van der Waals surface area contributed by atoms with Gasteiger partial charge in [-0.3, -0.25) is 16.0 Å². The molecule has 0 aromatic carbocycles. The van der Waals surface area contributed by atoms with E-state index >= 15 is 0 Å². The topological polar surface area (TPSA) is 65.1 Å². The van der Waals surface area contributed by atoms with Crippen LogP contribution in [0.15, 0.2) is 0 Å². The molecule has 0 spiro atoms. The molecular formula is C12H23ClN4O. The van der Waals surface area contributed by atoms with Crippen LogP contribution in [0.1, 0.15) is 31.7 Å². The number of halogens is 1. The lowest BCUT2D eigenvalue weighted by Crippen LogP contribution is -2.39. The van der Waals surface area contributed by atoms with Crippen LogP contribution in [-0.4, -0.2) is 29.0 Å². The summed E-state index contributed by atoms with van der Waals surface area (Å²) >= 11 is 6.28. The normalized spacial score (nSPS) is 14.8. The smallest absolute Gasteiger partial charge is 0.0847 e. The maximum Gasteiger partial charge on any atom is 0.0847 e. The third kappa shape index (κ3) is 3.68. The molecule has 0 aliphatic rings. The number of rotatable bonds is 7. The molecular weight excluding hydrogens is 252 g/mol.